The first-order valence-corrected chi connectivity index (χ1v) is 23.6. The van der Waals surface area contributed by atoms with Crippen molar-refractivity contribution in [2.45, 2.75) is 44.4 Å². The molecule has 0 aromatic heterocycles. The number of hydrogen-bond acceptors (Lipinski definition) is 1. The molecule has 65 heavy (non-hydrogen) atoms. The molecule has 0 amide bonds. The number of nitrogens with zero attached hydrogens (tertiary/aromatic N) is 1. The number of benzene rings is 10. The summed E-state index contributed by atoms with van der Waals surface area (Å²) in [6.07, 6.45) is 12.7. The molecule has 0 heterocycles. The Kier molecular flexibility index (Phi) is 10.2. The molecule has 2 aliphatic rings. The average Bonchev–Trinajstić information content (AvgIpc) is 3.39. The smallest absolute Gasteiger partial charge is 0.0540 e. The van der Waals surface area contributed by atoms with Crippen LogP contribution >= 0.6 is 0 Å². The second-order valence-electron chi connectivity index (χ2n) is 18.2. The highest BCUT2D eigenvalue weighted by atomic mass is 15.1. The summed E-state index contributed by atoms with van der Waals surface area (Å²) < 4.78 is 0. The molecule has 10 aromatic carbocycles. The lowest BCUT2D eigenvalue weighted by atomic mass is 9.70. The van der Waals surface area contributed by atoms with Crippen molar-refractivity contribution in [3.63, 3.8) is 0 Å². The average molecular weight is 834 g/mol. The third-order valence-electron chi connectivity index (χ3n) is 14.5. The van der Waals surface area contributed by atoms with Gasteiger partial charge in [-0.25, -0.2) is 0 Å². The predicted molar refractivity (Wildman–Crippen MR) is 278 cm³/mol. The van der Waals surface area contributed by atoms with E-state index in [1.54, 1.807) is 0 Å². The summed E-state index contributed by atoms with van der Waals surface area (Å²) in [6.45, 7) is 0. The summed E-state index contributed by atoms with van der Waals surface area (Å²) in [4.78, 5) is 2.50. The highest BCUT2D eigenvalue weighted by Gasteiger charge is 2.31. The molecule has 0 aliphatic heterocycles. The fraction of sp³-hybridized carbons (Fsp3) is 0.125. The number of allylic oxidation sites excluding steroid dienone is 1. The number of anilines is 3. The van der Waals surface area contributed by atoms with Gasteiger partial charge in [0.15, 0.2) is 0 Å². The van der Waals surface area contributed by atoms with Crippen LogP contribution in [0.5, 0.6) is 0 Å². The van der Waals surface area contributed by atoms with Gasteiger partial charge < -0.3 is 4.90 Å². The lowest BCUT2D eigenvalue weighted by molar-refractivity contribution is 0.304. The zero-order chi connectivity index (χ0) is 43.1. The van der Waals surface area contributed by atoms with E-state index >= 15 is 0 Å². The number of para-hydroxylation sites is 1. The zero-order valence-electron chi connectivity index (χ0n) is 36.7. The van der Waals surface area contributed by atoms with Gasteiger partial charge in [0, 0.05) is 16.9 Å². The molecule has 1 heteroatoms. The standard InChI is InChI=1S/C64H51N/c1-2-15-47(16-3-1)58-29-12-20-50-21-13-31-62(64(50)58)61-26-8-9-32-63(61)65(53-23-10-22-51(43-53)57-28-14-30-59-56-25-7-5-18-48(56)39-42-60(57)59)52-40-37-45(38-41-52)44-33-35-49(36-34-44)55-27-11-19-46-17-4-6-24-54(46)55/h4-14,17-28,30-43,47,58H,1-3,15-16,29H2. The van der Waals surface area contributed by atoms with Crippen LogP contribution < -0.4 is 4.90 Å². The van der Waals surface area contributed by atoms with E-state index in [1.165, 1.54) is 126 Å². The lowest BCUT2D eigenvalue weighted by Crippen LogP contribution is -2.19. The van der Waals surface area contributed by atoms with Crippen molar-refractivity contribution in [1.82, 2.24) is 0 Å². The summed E-state index contributed by atoms with van der Waals surface area (Å²) in [7, 11) is 0. The summed E-state index contributed by atoms with van der Waals surface area (Å²) in [5.74, 6) is 1.25. The topological polar surface area (TPSA) is 3.24 Å². The van der Waals surface area contributed by atoms with E-state index < -0.39 is 0 Å². The highest BCUT2D eigenvalue weighted by Crippen LogP contribution is 2.49. The molecule has 0 radical (unpaired) electrons. The van der Waals surface area contributed by atoms with Gasteiger partial charge in [-0.2, -0.15) is 0 Å². The largest absolute Gasteiger partial charge is 0.310 e. The maximum Gasteiger partial charge on any atom is 0.0540 e. The fourth-order valence-corrected chi connectivity index (χ4v) is 11.4. The third kappa shape index (κ3) is 7.22. The van der Waals surface area contributed by atoms with Gasteiger partial charge in [-0.1, -0.05) is 213 Å². The quantitative estimate of drug-likeness (QED) is 0.138. The minimum absolute atomic E-state index is 0.532. The summed E-state index contributed by atoms with van der Waals surface area (Å²) in [5.41, 5.74) is 16.3. The van der Waals surface area contributed by atoms with Gasteiger partial charge in [0.2, 0.25) is 0 Å². The Morgan fingerprint density at radius 1 is 0.369 bits per heavy atom. The Bertz CT molecular complexity index is 3380. The van der Waals surface area contributed by atoms with E-state index in [0.29, 0.717) is 5.92 Å². The molecule has 10 aromatic rings. The Morgan fingerprint density at radius 2 is 0.969 bits per heavy atom. The predicted octanol–water partition coefficient (Wildman–Crippen LogP) is 18.4. The van der Waals surface area contributed by atoms with Gasteiger partial charge in [-0.3, -0.25) is 0 Å². The highest BCUT2D eigenvalue weighted by molar-refractivity contribution is 6.12. The minimum atomic E-state index is 0.532. The summed E-state index contributed by atoms with van der Waals surface area (Å²) in [5, 5.41) is 7.65. The molecule has 12 rings (SSSR count). The van der Waals surface area contributed by atoms with E-state index in [1.807, 2.05) is 0 Å². The normalized spacial score (nSPS) is 15.0. The number of rotatable bonds is 8. The molecule has 1 atom stereocenters. The molecular weight excluding hydrogens is 783 g/mol. The SMILES string of the molecule is C1=Cc2cccc(-c3ccccc3N(c3ccc(-c4ccc(-c5cccc6ccccc56)cc4)cc3)c3cccc(-c4cccc5c4ccc4ccccc45)c3)c2C(C2CCCCC2)C1. The molecule has 0 saturated heterocycles. The molecule has 312 valence electrons. The maximum atomic E-state index is 2.50. The molecule has 1 saturated carbocycles. The monoisotopic (exact) mass is 833 g/mol. The van der Waals surface area contributed by atoms with Gasteiger partial charge in [0.25, 0.3) is 0 Å². The van der Waals surface area contributed by atoms with Gasteiger partial charge in [-0.05, 0) is 144 Å². The van der Waals surface area contributed by atoms with Crippen molar-refractivity contribution in [3.8, 4) is 44.5 Å². The Hall–Kier alpha value is -7.48. The molecule has 1 nitrogen and oxygen atoms in total. The van der Waals surface area contributed by atoms with Crippen LogP contribution in [0.15, 0.2) is 218 Å². The Balaban J connectivity index is 0.984. The van der Waals surface area contributed by atoms with Crippen molar-refractivity contribution in [1.29, 1.82) is 0 Å². The molecule has 1 unspecified atom stereocenters. The first-order chi connectivity index (χ1) is 32.2. The summed E-state index contributed by atoms with van der Waals surface area (Å²) >= 11 is 0. The Morgan fingerprint density at radius 3 is 1.80 bits per heavy atom. The molecule has 0 spiro atoms. The minimum Gasteiger partial charge on any atom is -0.310 e. The first kappa shape index (κ1) is 39.1. The number of fused-ring (bicyclic) bond motifs is 5. The zero-order valence-corrected chi connectivity index (χ0v) is 36.7. The van der Waals surface area contributed by atoms with Crippen molar-refractivity contribution >= 4 is 55.5 Å². The second kappa shape index (κ2) is 16.9. The van der Waals surface area contributed by atoms with Crippen LogP contribution in [-0.4, -0.2) is 0 Å². The third-order valence-corrected chi connectivity index (χ3v) is 14.5. The molecule has 2 aliphatic carbocycles. The molecule has 1 fully saturated rings. The summed E-state index contributed by atoms with van der Waals surface area (Å²) in [6, 6.07) is 78.9. The van der Waals surface area contributed by atoms with Crippen molar-refractivity contribution in [2.24, 2.45) is 5.92 Å². The second-order valence-corrected chi connectivity index (χ2v) is 18.2. The van der Waals surface area contributed by atoms with Crippen molar-refractivity contribution in [2.75, 3.05) is 4.90 Å². The van der Waals surface area contributed by atoms with E-state index in [4.69, 9.17) is 0 Å². The van der Waals surface area contributed by atoms with Gasteiger partial charge >= 0.3 is 0 Å². The molecule has 0 bridgehead atoms. The van der Waals surface area contributed by atoms with Gasteiger partial charge in [0.05, 0.1) is 5.69 Å². The first-order valence-electron chi connectivity index (χ1n) is 23.6. The van der Waals surface area contributed by atoms with E-state index in [9.17, 15) is 0 Å². The molecular formula is C64H51N. The van der Waals surface area contributed by atoms with Crippen molar-refractivity contribution < 1.29 is 0 Å². The van der Waals surface area contributed by atoms with Gasteiger partial charge in [0.1, 0.15) is 0 Å². The lowest BCUT2D eigenvalue weighted by Gasteiger charge is -2.35. The van der Waals surface area contributed by atoms with Crippen LogP contribution in [0.4, 0.5) is 17.1 Å². The number of hydrogen-bond donors (Lipinski definition) is 0. The van der Waals surface area contributed by atoms with Crippen molar-refractivity contribution in [3.05, 3.63) is 230 Å². The van der Waals surface area contributed by atoms with Crippen LogP contribution in [0.1, 0.15) is 55.6 Å². The van der Waals surface area contributed by atoms with E-state index in [-0.39, 0.29) is 0 Å². The van der Waals surface area contributed by atoms with Crippen LogP contribution in [0, 0.1) is 5.92 Å². The maximum absolute atomic E-state index is 2.50. The van der Waals surface area contributed by atoms with E-state index in [2.05, 4.69) is 229 Å². The molecule has 0 N–H and O–H groups in total. The van der Waals surface area contributed by atoms with Crippen LogP contribution in [-0.2, 0) is 0 Å². The van der Waals surface area contributed by atoms with Crippen LogP contribution in [0.25, 0.3) is 82.9 Å². The van der Waals surface area contributed by atoms with Crippen LogP contribution in [0.3, 0.4) is 0 Å². The van der Waals surface area contributed by atoms with Crippen LogP contribution in [0.2, 0.25) is 0 Å². The van der Waals surface area contributed by atoms with E-state index in [0.717, 1.165) is 23.7 Å². The Labute approximate surface area is 383 Å². The fourth-order valence-electron chi connectivity index (χ4n) is 11.4. The van der Waals surface area contributed by atoms with Gasteiger partial charge in [-0.15, -0.1) is 0 Å².